The van der Waals surface area contributed by atoms with Crippen LogP contribution in [0, 0.1) is 11.3 Å². The Kier molecular flexibility index (Phi) is 3.75. The van der Waals surface area contributed by atoms with Gasteiger partial charge in [-0.05, 0) is 53.2 Å². The molecular weight excluding hydrogens is 258 g/mol. The second kappa shape index (κ2) is 5.85. The molecule has 0 unspecified atom stereocenters. The van der Waals surface area contributed by atoms with Crippen LogP contribution in [-0.4, -0.2) is 7.11 Å². The average molecular weight is 275 g/mol. The third-order valence-corrected chi connectivity index (χ3v) is 4.11. The van der Waals surface area contributed by atoms with Gasteiger partial charge in [-0.1, -0.05) is 36.4 Å². The van der Waals surface area contributed by atoms with Gasteiger partial charge in [0.1, 0.15) is 5.75 Å². The molecule has 1 aliphatic rings. The third-order valence-electron chi connectivity index (χ3n) is 4.11. The van der Waals surface area contributed by atoms with E-state index in [4.69, 9.17) is 10.00 Å². The van der Waals surface area contributed by atoms with Crippen molar-refractivity contribution in [1.29, 1.82) is 5.26 Å². The molecule has 1 aliphatic carbocycles. The van der Waals surface area contributed by atoms with E-state index in [2.05, 4.69) is 36.4 Å². The van der Waals surface area contributed by atoms with Gasteiger partial charge < -0.3 is 4.74 Å². The molecule has 0 saturated heterocycles. The van der Waals surface area contributed by atoms with Gasteiger partial charge in [-0.3, -0.25) is 0 Å². The van der Waals surface area contributed by atoms with Crippen LogP contribution in [0.1, 0.15) is 29.0 Å². The molecule has 3 rings (SSSR count). The standard InChI is InChI=1S/C19H17NO/c1-21-18-8-7-15-11-17(14-5-3-2-4-6-14)12-16(9-10-20)19(15)13-18/h2-9,13,17H,11-12H2,1H3/b16-9+/t17-/m1/s1. The van der Waals surface area contributed by atoms with E-state index < -0.39 is 0 Å². The Morgan fingerprint density at radius 1 is 1.14 bits per heavy atom. The number of rotatable bonds is 2. The Balaban J connectivity index is 2.03. The average Bonchev–Trinajstić information content (AvgIpc) is 2.55. The summed E-state index contributed by atoms with van der Waals surface area (Å²) in [7, 11) is 1.67. The lowest BCUT2D eigenvalue weighted by molar-refractivity contribution is 0.414. The van der Waals surface area contributed by atoms with E-state index in [0.717, 1.165) is 29.7 Å². The zero-order valence-corrected chi connectivity index (χ0v) is 12.0. The normalized spacial score (nSPS) is 18.9. The van der Waals surface area contributed by atoms with E-state index in [-0.39, 0.29) is 0 Å². The molecule has 0 saturated carbocycles. The summed E-state index contributed by atoms with van der Waals surface area (Å²) in [6, 6.07) is 18.9. The highest BCUT2D eigenvalue weighted by molar-refractivity contribution is 5.74. The Morgan fingerprint density at radius 3 is 2.67 bits per heavy atom. The van der Waals surface area contributed by atoms with E-state index >= 15 is 0 Å². The molecule has 0 amide bonds. The lowest BCUT2D eigenvalue weighted by Crippen LogP contribution is -2.12. The number of methoxy groups -OCH3 is 1. The van der Waals surface area contributed by atoms with Crippen molar-refractivity contribution in [3.05, 3.63) is 71.3 Å². The number of ether oxygens (including phenoxy) is 1. The van der Waals surface area contributed by atoms with Gasteiger partial charge in [-0.2, -0.15) is 5.26 Å². The largest absolute Gasteiger partial charge is 0.497 e. The zero-order chi connectivity index (χ0) is 14.7. The van der Waals surface area contributed by atoms with Crippen LogP contribution in [0.3, 0.4) is 0 Å². The maximum atomic E-state index is 9.07. The van der Waals surface area contributed by atoms with E-state index in [9.17, 15) is 0 Å². The van der Waals surface area contributed by atoms with Crippen LogP contribution in [0.4, 0.5) is 0 Å². The second-order valence-corrected chi connectivity index (χ2v) is 5.34. The summed E-state index contributed by atoms with van der Waals surface area (Å²) < 4.78 is 5.31. The molecule has 2 aromatic carbocycles. The topological polar surface area (TPSA) is 33.0 Å². The molecule has 2 aromatic rings. The van der Waals surface area contributed by atoms with Crippen molar-refractivity contribution in [2.75, 3.05) is 7.11 Å². The van der Waals surface area contributed by atoms with E-state index in [1.807, 2.05) is 18.2 Å². The van der Waals surface area contributed by atoms with Crippen LogP contribution in [0.15, 0.2) is 54.6 Å². The molecule has 0 N–H and O–H groups in total. The first kappa shape index (κ1) is 13.5. The quantitative estimate of drug-likeness (QED) is 0.764. The fourth-order valence-electron chi connectivity index (χ4n) is 3.05. The van der Waals surface area contributed by atoms with Gasteiger partial charge in [0.05, 0.1) is 13.2 Å². The fourth-order valence-corrected chi connectivity index (χ4v) is 3.05. The number of hydrogen-bond donors (Lipinski definition) is 0. The predicted octanol–water partition coefficient (Wildman–Crippen LogP) is 4.33. The van der Waals surface area contributed by atoms with Crippen molar-refractivity contribution in [3.63, 3.8) is 0 Å². The Labute approximate surface area is 125 Å². The minimum absolute atomic E-state index is 0.437. The smallest absolute Gasteiger partial charge is 0.119 e. The van der Waals surface area contributed by atoms with Crippen molar-refractivity contribution in [1.82, 2.24) is 0 Å². The number of allylic oxidation sites excluding steroid dienone is 2. The number of benzene rings is 2. The molecule has 0 bridgehead atoms. The summed E-state index contributed by atoms with van der Waals surface area (Å²) in [5.41, 5.74) is 4.88. The van der Waals surface area contributed by atoms with Crippen LogP contribution in [0.25, 0.3) is 5.57 Å². The summed E-state index contributed by atoms with van der Waals surface area (Å²) in [6.07, 6.45) is 3.58. The predicted molar refractivity (Wildman–Crippen MR) is 84.1 cm³/mol. The molecule has 0 spiro atoms. The number of hydrogen-bond acceptors (Lipinski definition) is 2. The minimum atomic E-state index is 0.437. The third kappa shape index (κ3) is 2.68. The van der Waals surface area contributed by atoms with Crippen LogP contribution in [-0.2, 0) is 6.42 Å². The number of fused-ring (bicyclic) bond motifs is 1. The summed E-state index contributed by atoms with van der Waals surface area (Å²) in [6.45, 7) is 0. The second-order valence-electron chi connectivity index (χ2n) is 5.34. The van der Waals surface area contributed by atoms with Gasteiger partial charge in [-0.15, -0.1) is 0 Å². The highest BCUT2D eigenvalue weighted by Crippen LogP contribution is 2.40. The highest BCUT2D eigenvalue weighted by atomic mass is 16.5. The lowest BCUT2D eigenvalue weighted by Gasteiger charge is -2.27. The van der Waals surface area contributed by atoms with Gasteiger partial charge in [0.15, 0.2) is 0 Å². The molecule has 0 aliphatic heterocycles. The van der Waals surface area contributed by atoms with Crippen molar-refractivity contribution >= 4 is 5.57 Å². The van der Waals surface area contributed by atoms with Crippen molar-refractivity contribution < 1.29 is 4.74 Å². The molecule has 0 fully saturated rings. The van der Waals surface area contributed by atoms with E-state index in [0.29, 0.717) is 5.92 Å². The van der Waals surface area contributed by atoms with E-state index in [1.54, 1.807) is 13.2 Å². The summed E-state index contributed by atoms with van der Waals surface area (Å²) in [5.74, 6) is 1.28. The maximum Gasteiger partial charge on any atom is 0.119 e. The molecule has 21 heavy (non-hydrogen) atoms. The zero-order valence-electron chi connectivity index (χ0n) is 12.0. The highest BCUT2D eigenvalue weighted by Gasteiger charge is 2.24. The van der Waals surface area contributed by atoms with E-state index in [1.165, 1.54) is 11.1 Å². The first-order valence-corrected chi connectivity index (χ1v) is 7.12. The molecule has 2 heteroatoms. The van der Waals surface area contributed by atoms with Crippen LogP contribution < -0.4 is 4.74 Å². The van der Waals surface area contributed by atoms with Gasteiger partial charge in [0.2, 0.25) is 0 Å². The lowest BCUT2D eigenvalue weighted by atomic mass is 9.77. The molecule has 1 atom stereocenters. The number of nitrogens with zero attached hydrogens (tertiary/aromatic N) is 1. The van der Waals surface area contributed by atoms with Crippen LogP contribution in [0.5, 0.6) is 5.75 Å². The Morgan fingerprint density at radius 2 is 1.95 bits per heavy atom. The fraction of sp³-hybridized carbons (Fsp3) is 0.211. The molecule has 0 heterocycles. The monoisotopic (exact) mass is 275 g/mol. The van der Waals surface area contributed by atoms with Crippen molar-refractivity contribution in [3.8, 4) is 11.8 Å². The molecule has 0 aromatic heterocycles. The maximum absolute atomic E-state index is 9.07. The Hall–Kier alpha value is -2.53. The summed E-state index contributed by atoms with van der Waals surface area (Å²) in [5, 5.41) is 9.07. The Bertz CT molecular complexity index is 710. The molecule has 0 radical (unpaired) electrons. The first-order valence-electron chi connectivity index (χ1n) is 7.12. The number of nitriles is 1. The first-order chi connectivity index (χ1) is 10.3. The molecule has 2 nitrogen and oxygen atoms in total. The molecular formula is C19H17NO. The van der Waals surface area contributed by atoms with Gasteiger partial charge in [-0.25, -0.2) is 0 Å². The summed E-state index contributed by atoms with van der Waals surface area (Å²) in [4.78, 5) is 0. The van der Waals surface area contributed by atoms with Crippen LogP contribution >= 0.6 is 0 Å². The molecule has 104 valence electrons. The van der Waals surface area contributed by atoms with Crippen LogP contribution in [0.2, 0.25) is 0 Å². The van der Waals surface area contributed by atoms with Crippen molar-refractivity contribution in [2.45, 2.75) is 18.8 Å². The minimum Gasteiger partial charge on any atom is -0.497 e. The van der Waals surface area contributed by atoms with Gasteiger partial charge in [0.25, 0.3) is 0 Å². The SMILES string of the molecule is COc1ccc2c(c1)/C(=C/C#N)C[C@H](c1ccccc1)C2. The summed E-state index contributed by atoms with van der Waals surface area (Å²) >= 11 is 0. The van der Waals surface area contributed by atoms with Gasteiger partial charge in [0, 0.05) is 6.08 Å². The van der Waals surface area contributed by atoms with Crippen molar-refractivity contribution in [2.24, 2.45) is 0 Å². The van der Waals surface area contributed by atoms with Gasteiger partial charge >= 0.3 is 0 Å².